The lowest BCUT2D eigenvalue weighted by Crippen LogP contribution is -2.20. The van der Waals surface area contributed by atoms with Gasteiger partial charge in [-0.25, -0.2) is 0 Å². The van der Waals surface area contributed by atoms with Crippen molar-refractivity contribution in [1.82, 2.24) is 9.78 Å². The van der Waals surface area contributed by atoms with Crippen LogP contribution < -0.4 is 5.73 Å². The fourth-order valence-electron chi connectivity index (χ4n) is 2.11. The average Bonchev–Trinajstić information content (AvgIpc) is 2.74. The summed E-state index contributed by atoms with van der Waals surface area (Å²) in [5.41, 5.74) is 8.62. The molecule has 1 aromatic heterocycles. The topological polar surface area (TPSA) is 43.8 Å². The number of hydrogen-bond acceptors (Lipinski definition) is 2. The molecular weight excluding hydrogens is 370 g/mol. The second-order valence-corrected chi connectivity index (χ2v) is 6.53. The number of benzene rings is 1. The Kier molecular flexibility index (Phi) is 4.81. The summed E-state index contributed by atoms with van der Waals surface area (Å²) in [6, 6.07) is 8.38. The summed E-state index contributed by atoms with van der Waals surface area (Å²) in [7, 11) is 0. The molecule has 0 aliphatic rings. The highest BCUT2D eigenvalue weighted by atomic mass is 79.9. The predicted molar refractivity (Wildman–Crippen MR) is 85.1 cm³/mol. The molecule has 0 bridgehead atoms. The minimum absolute atomic E-state index is 0.0852. The molecule has 0 saturated heterocycles. The maximum atomic E-state index is 6.37. The predicted octanol–water partition coefficient (Wildman–Crippen LogP) is 4.23. The van der Waals surface area contributed by atoms with Crippen molar-refractivity contribution in [3.63, 3.8) is 0 Å². The molecule has 1 unspecified atom stereocenters. The van der Waals surface area contributed by atoms with Crippen LogP contribution in [0, 0.1) is 0 Å². The van der Waals surface area contributed by atoms with Crippen LogP contribution in [0.25, 0.3) is 0 Å². The Morgan fingerprint density at radius 1 is 1.21 bits per heavy atom. The van der Waals surface area contributed by atoms with Crippen LogP contribution in [0.1, 0.15) is 37.2 Å². The zero-order valence-corrected chi connectivity index (χ0v) is 14.1. The number of rotatable bonds is 4. The third kappa shape index (κ3) is 3.27. The minimum Gasteiger partial charge on any atom is -0.322 e. The van der Waals surface area contributed by atoms with Crippen molar-refractivity contribution in [2.24, 2.45) is 5.73 Å². The number of nitrogens with zero attached hydrogens (tertiary/aromatic N) is 2. The zero-order chi connectivity index (χ0) is 14.0. The number of hydrogen-bond donors (Lipinski definition) is 1. The molecule has 0 aliphatic carbocycles. The van der Waals surface area contributed by atoms with E-state index in [1.165, 1.54) is 5.56 Å². The molecule has 19 heavy (non-hydrogen) atoms. The summed E-state index contributed by atoms with van der Waals surface area (Å²) < 4.78 is 4.05. The van der Waals surface area contributed by atoms with E-state index in [-0.39, 0.29) is 6.04 Å². The van der Waals surface area contributed by atoms with E-state index >= 15 is 0 Å². The first-order valence-electron chi connectivity index (χ1n) is 6.22. The lowest BCUT2D eigenvalue weighted by Gasteiger charge is -2.18. The Morgan fingerprint density at radius 2 is 1.89 bits per heavy atom. The molecule has 1 heterocycles. The molecule has 0 fully saturated rings. The van der Waals surface area contributed by atoms with E-state index in [0.717, 1.165) is 21.1 Å². The summed E-state index contributed by atoms with van der Waals surface area (Å²) in [5.74, 6) is 0. The van der Waals surface area contributed by atoms with Gasteiger partial charge in [-0.2, -0.15) is 5.10 Å². The van der Waals surface area contributed by atoms with Gasteiger partial charge >= 0.3 is 0 Å². The fraction of sp³-hybridized carbons (Fsp3) is 0.357. The van der Waals surface area contributed by atoms with Crippen molar-refractivity contribution in [2.75, 3.05) is 0 Å². The fourth-order valence-corrected chi connectivity index (χ4v) is 3.12. The van der Waals surface area contributed by atoms with Crippen LogP contribution in [0.3, 0.4) is 0 Å². The quantitative estimate of drug-likeness (QED) is 0.854. The van der Waals surface area contributed by atoms with Gasteiger partial charge in [0.25, 0.3) is 0 Å². The first-order valence-corrected chi connectivity index (χ1v) is 7.81. The van der Waals surface area contributed by atoms with Crippen molar-refractivity contribution in [1.29, 1.82) is 0 Å². The lowest BCUT2D eigenvalue weighted by molar-refractivity contribution is 0.484. The summed E-state index contributed by atoms with van der Waals surface area (Å²) in [6.45, 7) is 4.21. The SMILES string of the molecule is CC(C)n1ncc(Br)c1C(N)Cc1ccccc1Br. The number of nitrogens with two attached hydrogens (primary N) is 1. The van der Waals surface area contributed by atoms with Crippen LogP contribution in [0.2, 0.25) is 0 Å². The molecule has 1 atom stereocenters. The summed E-state index contributed by atoms with van der Waals surface area (Å²) in [6.07, 6.45) is 2.59. The molecule has 0 aliphatic heterocycles. The molecule has 0 spiro atoms. The largest absolute Gasteiger partial charge is 0.322 e. The maximum absolute atomic E-state index is 6.37. The van der Waals surface area contributed by atoms with Crippen LogP contribution in [0.15, 0.2) is 39.4 Å². The van der Waals surface area contributed by atoms with E-state index in [2.05, 4.69) is 56.9 Å². The molecule has 2 N–H and O–H groups in total. The van der Waals surface area contributed by atoms with E-state index in [4.69, 9.17) is 5.73 Å². The molecule has 5 heteroatoms. The Morgan fingerprint density at radius 3 is 2.53 bits per heavy atom. The zero-order valence-electron chi connectivity index (χ0n) is 11.0. The third-order valence-electron chi connectivity index (χ3n) is 3.03. The highest BCUT2D eigenvalue weighted by Gasteiger charge is 2.19. The summed E-state index contributed by atoms with van der Waals surface area (Å²) >= 11 is 7.11. The highest BCUT2D eigenvalue weighted by molar-refractivity contribution is 9.10. The van der Waals surface area contributed by atoms with Gasteiger partial charge < -0.3 is 5.73 Å². The van der Waals surface area contributed by atoms with Crippen LogP contribution in [0.5, 0.6) is 0 Å². The van der Waals surface area contributed by atoms with Gasteiger partial charge in [0.05, 0.1) is 22.4 Å². The molecule has 1 aromatic carbocycles. The van der Waals surface area contributed by atoms with Gasteiger partial charge in [0.2, 0.25) is 0 Å². The van der Waals surface area contributed by atoms with Crippen molar-refractivity contribution >= 4 is 31.9 Å². The van der Waals surface area contributed by atoms with E-state index < -0.39 is 0 Å². The number of halogens is 2. The molecule has 0 saturated carbocycles. The van der Waals surface area contributed by atoms with Crippen molar-refractivity contribution in [3.05, 3.63) is 50.7 Å². The van der Waals surface area contributed by atoms with Crippen LogP contribution in [-0.4, -0.2) is 9.78 Å². The summed E-state index contributed by atoms with van der Waals surface area (Å²) in [5, 5.41) is 4.38. The lowest BCUT2D eigenvalue weighted by atomic mass is 10.0. The van der Waals surface area contributed by atoms with Gasteiger partial charge in [-0.15, -0.1) is 0 Å². The monoisotopic (exact) mass is 385 g/mol. The minimum atomic E-state index is -0.0852. The second-order valence-electron chi connectivity index (χ2n) is 4.82. The van der Waals surface area contributed by atoms with Gasteiger partial charge in [0, 0.05) is 10.5 Å². The van der Waals surface area contributed by atoms with E-state index in [0.29, 0.717) is 6.04 Å². The normalized spacial score (nSPS) is 12.9. The first-order chi connectivity index (χ1) is 9.00. The Balaban J connectivity index is 2.28. The van der Waals surface area contributed by atoms with Crippen molar-refractivity contribution < 1.29 is 0 Å². The average molecular weight is 387 g/mol. The molecule has 0 radical (unpaired) electrons. The smallest absolute Gasteiger partial charge is 0.0699 e. The molecular formula is C14H17Br2N3. The van der Waals surface area contributed by atoms with Crippen molar-refractivity contribution in [3.8, 4) is 0 Å². The second kappa shape index (κ2) is 6.20. The molecule has 102 valence electrons. The Hall–Kier alpha value is -0.650. The van der Waals surface area contributed by atoms with Crippen molar-refractivity contribution in [2.45, 2.75) is 32.4 Å². The van der Waals surface area contributed by atoms with E-state index in [1.807, 2.05) is 29.1 Å². The van der Waals surface area contributed by atoms with Gasteiger partial charge in [-0.1, -0.05) is 34.1 Å². The summed E-state index contributed by atoms with van der Waals surface area (Å²) in [4.78, 5) is 0. The van der Waals surface area contributed by atoms with Gasteiger partial charge in [-0.3, -0.25) is 4.68 Å². The van der Waals surface area contributed by atoms with Gasteiger partial charge in [0.15, 0.2) is 0 Å². The van der Waals surface area contributed by atoms with E-state index in [1.54, 1.807) is 0 Å². The molecule has 2 aromatic rings. The first kappa shape index (κ1) is 14.8. The van der Waals surface area contributed by atoms with E-state index in [9.17, 15) is 0 Å². The molecule has 3 nitrogen and oxygen atoms in total. The van der Waals surface area contributed by atoms with Gasteiger partial charge in [0.1, 0.15) is 0 Å². The Bertz CT molecular complexity index is 564. The maximum Gasteiger partial charge on any atom is 0.0699 e. The standard InChI is InChI=1S/C14H17Br2N3/c1-9(2)19-14(12(16)8-18-19)13(17)7-10-5-3-4-6-11(10)15/h3-6,8-9,13H,7,17H2,1-2H3. The molecule has 2 rings (SSSR count). The van der Waals surface area contributed by atoms with Crippen LogP contribution in [0.4, 0.5) is 0 Å². The van der Waals surface area contributed by atoms with Crippen LogP contribution >= 0.6 is 31.9 Å². The third-order valence-corrected chi connectivity index (χ3v) is 4.41. The highest BCUT2D eigenvalue weighted by Crippen LogP contribution is 2.28. The molecule has 0 amide bonds. The number of aromatic nitrogens is 2. The Labute approximate surface area is 130 Å². The van der Waals surface area contributed by atoms with Gasteiger partial charge in [-0.05, 0) is 47.8 Å². The van der Waals surface area contributed by atoms with Crippen LogP contribution in [-0.2, 0) is 6.42 Å².